The highest BCUT2D eigenvalue weighted by Crippen LogP contribution is 2.12. The summed E-state index contributed by atoms with van der Waals surface area (Å²) in [6.07, 6.45) is 1.16. The number of esters is 1. The SMILES string of the molecule is CCCN(CC(C)C(=O)OC)C(=O)Cc1ccc(Cl)cc1. The van der Waals surface area contributed by atoms with E-state index in [1.165, 1.54) is 7.11 Å². The maximum atomic E-state index is 12.4. The Morgan fingerprint density at radius 3 is 2.43 bits per heavy atom. The van der Waals surface area contributed by atoms with Crippen molar-refractivity contribution in [1.82, 2.24) is 4.90 Å². The monoisotopic (exact) mass is 311 g/mol. The number of methoxy groups -OCH3 is 1. The van der Waals surface area contributed by atoms with Crippen molar-refractivity contribution >= 4 is 23.5 Å². The van der Waals surface area contributed by atoms with E-state index in [1.54, 1.807) is 24.0 Å². The molecule has 0 heterocycles. The van der Waals surface area contributed by atoms with Crippen LogP contribution in [0.5, 0.6) is 0 Å². The Morgan fingerprint density at radius 1 is 1.29 bits per heavy atom. The van der Waals surface area contributed by atoms with Gasteiger partial charge in [0.2, 0.25) is 5.91 Å². The summed E-state index contributed by atoms with van der Waals surface area (Å²) in [5, 5.41) is 0.649. The minimum atomic E-state index is -0.323. The lowest BCUT2D eigenvalue weighted by Gasteiger charge is -2.24. The molecule has 0 radical (unpaired) electrons. The molecular formula is C16H22ClNO3. The number of amides is 1. The van der Waals surface area contributed by atoms with Gasteiger partial charge in [-0.15, -0.1) is 0 Å². The zero-order valence-electron chi connectivity index (χ0n) is 12.8. The van der Waals surface area contributed by atoms with Crippen LogP contribution in [0.3, 0.4) is 0 Å². The smallest absolute Gasteiger partial charge is 0.310 e. The van der Waals surface area contributed by atoms with E-state index < -0.39 is 0 Å². The van der Waals surface area contributed by atoms with E-state index in [1.807, 2.05) is 19.1 Å². The van der Waals surface area contributed by atoms with Gasteiger partial charge < -0.3 is 9.64 Å². The number of rotatable bonds is 7. The molecule has 0 fully saturated rings. The van der Waals surface area contributed by atoms with Gasteiger partial charge in [-0.1, -0.05) is 37.6 Å². The largest absolute Gasteiger partial charge is 0.469 e. The molecule has 1 aromatic carbocycles. The van der Waals surface area contributed by atoms with Crippen molar-refractivity contribution in [3.8, 4) is 0 Å². The second-order valence-electron chi connectivity index (χ2n) is 5.07. The number of carbonyl (C=O) groups is 2. The zero-order chi connectivity index (χ0) is 15.8. The van der Waals surface area contributed by atoms with Crippen LogP contribution in [-0.2, 0) is 20.7 Å². The normalized spacial score (nSPS) is 11.8. The summed E-state index contributed by atoms with van der Waals surface area (Å²) in [6.45, 7) is 4.79. The summed E-state index contributed by atoms with van der Waals surface area (Å²) in [5.41, 5.74) is 0.913. The van der Waals surface area contributed by atoms with Crippen LogP contribution in [0.4, 0.5) is 0 Å². The molecule has 1 atom stereocenters. The molecule has 0 aromatic heterocycles. The van der Waals surface area contributed by atoms with E-state index in [2.05, 4.69) is 0 Å². The van der Waals surface area contributed by atoms with E-state index in [-0.39, 0.29) is 17.8 Å². The van der Waals surface area contributed by atoms with Crippen LogP contribution in [-0.4, -0.2) is 37.0 Å². The third-order valence-electron chi connectivity index (χ3n) is 3.21. The van der Waals surface area contributed by atoms with Crippen molar-refractivity contribution in [1.29, 1.82) is 0 Å². The average molecular weight is 312 g/mol. The van der Waals surface area contributed by atoms with Gasteiger partial charge in [0.1, 0.15) is 0 Å². The number of hydrogen-bond donors (Lipinski definition) is 0. The highest BCUT2D eigenvalue weighted by Gasteiger charge is 2.21. The van der Waals surface area contributed by atoms with Crippen molar-refractivity contribution in [2.45, 2.75) is 26.7 Å². The molecule has 0 aliphatic rings. The molecule has 1 amide bonds. The molecule has 21 heavy (non-hydrogen) atoms. The number of ether oxygens (including phenoxy) is 1. The standard InChI is InChI=1S/C16H22ClNO3/c1-4-9-18(11-12(2)16(20)21-3)15(19)10-13-5-7-14(17)8-6-13/h5-8,12H,4,9-11H2,1-3H3. The van der Waals surface area contributed by atoms with E-state index in [9.17, 15) is 9.59 Å². The fraction of sp³-hybridized carbons (Fsp3) is 0.500. The van der Waals surface area contributed by atoms with E-state index in [4.69, 9.17) is 16.3 Å². The van der Waals surface area contributed by atoms with Crippen LogP contribution < -0.4 is 0 Å². The first-order valence-corrected chi connectivity index (χ1v) is 7.45. The minimum Gasteiger partial charge on any atom is -0.469 e. The van der Waals surface area contributed by atoms with Gasteiger partial charge in [-0.3, -0.25) is 9.59 Å². The van der Waals surface area contributed by atoms with Gasteiger partial charge in [0.05, 0.1) is 19.4 Å². The summed E-state index contributed by atoms with van der Waals surface area (Å²) in [4.78, 5) is 25.6. The first-order valence-electron chi connectivity index (χ1n) is 7.08. The van der Waals surface area contributed by atoms with Crippen molar-refractivity contribution in [2.75, 3.05) is 20.2 Å². The lowest BCUT2D eigenvalue weighted by Crippen LogP contribution is -2.38. The molecule has 0 aliphatic carbocycles. The number of halogens is 1. The lowest BCUT2D eigenvalue weighted by atomic mass is 10.1. The van der Waals surface area contributed by atoms with Crippen LogP contribution in [0.1, 0.15) is 25.8 Å². The maximum absolute atomic E-state index is 12.4. The molecule has 0 bridgehead atoms. The van der Waals surface area contributed by atoms with Crippen LogP contribution >= 0.6 is 11.6 Å². The Balaban J connectivity index is 2.68. The van der Waals surface area contributed by atoms with Crippen LogP contribution in [0.15, 0.2) is 24.3 Å². The first-order chi connectivity index (χ1) is 9.97. The van der Waals surface area contributed by atoms with Gasteiger partial charge in [0.15, 0.2) is 0 Å². The zero-order valence-corrected chi connectivity index (χ0v) is 13.5. The topological polar surface area (TPSA) is 46.6 Å². The molecule has 1 unspecified atom stereocenters. The Kier molecular flexibility index (Phi) is 7.23. The third-order valence-corrected chi connectivity index (χ3v) is 3.46. The van der Waals surface area contributed by atoms with E-state index in [0.717, 1.165) is 12.0 Å². The molecule has 0 N–H and O–H groups in total. The Bertz CT molecular complexity index is 473. The molecule has 1 aromatic rings. The Hall–Kier alpha value is -1.55. The lowest BCUT2D eigenvalue weighted by molar-refractivity contribution is -0.146. The number of hydrogen-bond acceptors (Lipinski definition) is 3. The van der Waals surface area contributed by atoms with Gasteiger partial charge in [-0.25, -0.2) is 0 Å². The Morgan fingerprint density at radius 2 is 1.90 bits per heavy atom. The molecule has 0 spiro atoms. The van der Waals surface area contributed by atoms with Crippen LogP contribution in [0, 0.1) is 5.92 Å². The highest BCUT2D eigenvalue weighted by atomic mass is 35.5. The minimum absolute atomic E-state index is 0.00919. The van der Waals surface area contributed by atoms with Crippen molar-refractivity contribution in [3.05, 3.63) is 34.9 Å². The number of carbonyl (C=O) groups excluding carboxylic acids is 2. The quantitative estimate of drug-likeness (QED) is 0.727. The van der Waals surface area contributed by atoms with E-state index >= 15 is 0 Å². The first kappa shape index (κ1) is 17.5. The van der Waals surface area contributed by atoms with Gasteiger partial charge in [-0.05, 0) is 24.1 Å². The fourth-order valence-corrected chi connectivity index (χ4v) is 2.21. The average Bonchev–Trinajstić information content (AvgIpc) is 2.48. The molecule has 0 saturated carbocycles. The molecule has 4 nitrogen and oxygen atoms in total. The summed E-state index contributed by atoms with van der Waals surface area (Å²) < 4.78 is 4.71. The fourth-order valence-electron chi connectivity index (χ4n) is 2.08. The molecule has 116 valence electrons. The molecule has 5 heteroatoms. The summed E-state index contributed by atoms with van der Waals surface area (Å²) >= 11 is 5.83. The maximum Gasteiger partial charge on any atom is 0.310 e. The molecule has 1 rings (SSSR count). The third kappa shape index (κ3) is 5.76. The molecular weight excluding hydrogens is 290 g/mol. The summed E-state index contributed by atoms with van der Waals surface area (Å²) in [5.74, 6) is -0.610. The van der Waals surface area contributed by atoms with Crippen molar-refractivity contribution < 1.29 is 14.3 Å². The second kappa shape index (κ2) is 8.67. The van der Waals surface area contributed by atoms with Gasteiger partial charge in [0, 0.05) is 18.1 Å². The van der Waals surface area contributed by atoms with E-state index in [0.29, 0.717) is 24.5 Å². The summed E-state index contributed by atoms with van der Waals surface area (Å²) in [7, 11) is 1.36. The molecule has 0 aliphatic heterocycles. The van der Waals surface area contributed by atoms with Gasteiger partial charge >= 0.3 is 5.97 Å². The van der Waals surface area contributed by atoms with Crippen molar-refractivity contribution in [3.63, 3.8) is 0 Å². The molecule has 0 saturated heterocycles. The van der Waals surface area contributed by atoms with Crippen LogP contribution in [0.2, 0.25) is 5.02 Å². The second-order valence-corrected chi connectivity index (χ2v) is 5.50. The summed E-state index contributed by atoms with van der Waals surface area (Å²) in [6, 6.07) is 7.22. The van der Waals surface area contributed by atoms with Gasteiger partial charge in [-0.2, -0.15) is 0 Å². The van der Waals surface area contributed by atoms with Gasteiger partial charge in [0.25, 0.3) is 0 Å². The predicted octanol–water partition coefficient (Wildman–Crippen LogP) is 2.93. The van der Waals surface area contributed by atoms with Crippen molar-refractivity contribution in [2.24, 2.45) is 5.92 Å². The van der Waals surface area contributed by atoms with Crippen LogP contribution in [0.25, 0.3) is 0 Å². The number of benzene rings is 1. The predicted molar refractivity (Wildman–Crippen MR) is 83.2 cm³/mol. The highest BCUT2D eigenvalue weighted by molar-refractivity contribution is 6.30. The number of nitrogens with zero attached hydrogens (tertiary/aromatic N) is 1. The Labute approximate surface area is 131 Å².